The Kier molecular flexibility index (Phi) is 3.37. The molecule has 1 aliphatic rings. The number of aromatic nitrogens is 1. The van der Waals surface area contributed by atoms with Crippen molar-refractivity contribution in [2.24, 2.45) is 0 Å². The lowest BCUT2D eigenvalue weighted by atomic mass is 10.1. The minimum Gasteiger partial charge on any atom is -0.388 e. The summed E-state index contributed by atoms with van der Waals surface area (Å²) in [4.78, 5) is 16.3. The zero-order valence-electron chi connectivity index (χ0n) is 11.3. The Morgan fingerprint density at radius 1 is 1.25 bits per heavy atom. The lowest BCUT2D eigenvalue weighted by Gasteiger charge is -2.06. The van der Waals surface area contributed by atoms with Gasteiger partial charge in [0, 0.05) is 30.9 Å². The molecule has 1 aromatic carbocycles. The molecule has 0 aliphatic heterocycles. The van der Waals surface area contributed by atoms with E-state index >= 15 is 0 Å². The maximum Gasteiger partial charge on any atom is 0.270 e. The Morgan fingerprint density at radius 2 is 2.05 bits per heavy atom. The Hall–Kier alpha value is -2.36. The van der Waals surface area contributed by atoms with Crippen LogP contribution in [-0.4, -0.2) is 24.0 Å². The number of benzene rings is 1. The Labute approximate surface area is 118 Å². The van der Waals surface area contributed by atoms with Crippen LogP contribution in [0.5, 0.6) is 0 Å². The fourth-order valence-corrected chi connectivity index (χ4v) is 2.38. The molecule has 1 heterocycles. The fourth-order valence-electron chi connectivity index (χ4n) is 2.38. The topological polar surface area (TPSA) is 54.0 Å². The highest BCUT2D eigenvalue weighted by molar-refractivity contribution is 5.93. The van der Waals surface area contributed by atoms with Gasteiger partial charge < -0.3 is 10.6 Å². The van der Waals surface area contributed by atoms with Crippen molar-refractivity contribution in [3.05, 3.63) is 59.9 Å². The van der Waals surface area contributed by atoms with Crippen LogP contribution in [0.3, 0.4) is 0 Å². The van der Waals surface area contributed by atoms with Crippen LogP contribution < -0.4 is 10.6 Å². The van der Waals surface area contributed by atoms with Crippen molar-refractivity contribution in [2.45, 2.75) is 18.4 Å². The summed E-state index contributed by atoms with van der Waals surface area (Å²) in [5, 5.41) is 6.05. The van der Waals surface area contributed by atoms with Crippen LogP contribution in [0, 0.1) is 0 Å². The predicted octanol–water partition coefficient (Wildman–Crippen LogP) is 2.41. The lowest BCUT2D eigenvalue weighted by Crippen LogP contribution is -2.27. The average molecular weight is 267 g/mol. The van der Waals surface area contributed by atoms with Crippen LogP contribution in [0.1, 0.15) is 28.4 Å². The molecule has 102 valence electrons. The third kappa shape index (κ3) is 2.64. The number of carbonyl (C=O) groups excluding carboxylic acids is 1. The molecule has 0 spiro atoms. The molecule has 1 aromatic heterocycles. The molecular weight excluding hydrogens is 250 g/mol. The largest absolute Gasteiger partial charge is 0.388 e. The molecular formula is C16H17N3O. The normalized spacial score (nSPS) is 20.2. The average Bonchev–Trinajstić information content (AvgIpc) is 3.27. The van der Waals surface area contributed by atoms with Gasteiger partial charge in [-0.15, -0.1) is 0 Å². The van der Waals surface area contributed by atoms with E-state index in [1.807, 2.05) is 31.3 Å². The van der Waals surface area contributed by atoms with E-state index in [2.05, 4.69) is 27.8 Å². The van der Waals surface area contributed by atoms with E-state index in [9.17, 15) is 4.79 Å². The first-order valence-electron chi connectivity index (χ1n) is 6.77. The van der Waals surface area contributed by atoms with E-state index in [0.29, 0.717) is 11.6 Å². The minimum absolute atomic E-state index is 0.106. The van der Waals surface area contributed by atoms with Crippen LogP contribution in [-0.2, 0) is 0 Å². The second kappa shape index (κ2) is 5.33. The van der Waals surface area contributed by atoms with Gasteiger partial charge in [-0.1, -0.05) is 30.3 Å². The zero-order valence-corrected chi connectivity index (χ0v) is 11.3. The number of nitrogens with zero attached hydrogens (tertiary/aromatic N) is 1. The van der Waals surface area contributed by atoms with Gasteiger partial charge in [-0.25, -0.2) is 0 Å². The highest BCUT2D eigenvalue weighted by Gasteiger charge is 2.39. The summed E-state index contributed by atoms with van der Waals surface area (Å²) in [6.07, 6.45) is 2.64. The van der Waals surface area contributed by atoms with Gasteiger partial charge in [0.1, 0.15) is 5.69 Å². The van der Waals surface area contributed by atoms with E-state index in [0.717, 1.165) is 12.1 Å². The van der Waals surface area contributed by atoms with Gasteiger partial charge >= 0.3 is 0 Å². The smallest absolute Gasteiger partial charge is 0.270 e. The molecule has 2 N–H and O–H groups in total. The van der Waals surface area contributed by atoms with Gasteiger partial charge in [0.05, 0.1) is 0 Å². The SMILES string of the molecule is CNc1ccnc(C(=O)NC2CC2c2ccccc2)c1. The number of nitrogens with one attached hydrogen (secondary N) is 2. The van der Waals surface area contributed by atoms with Crippen LogP contribution in [0.4, 0.5) is 5.69 Å². The van der Waals surface area contributed by atoms with E-state index < -0.39 is 0 Å². The van der Waals surface area contributed by atoms with Crippen molar-refractivity contribution in [1.82, 2.24) is 10.3 Å². The summed E-state index contributed by atoms with van der Waals surface area (Å²) >= 11 is 0. The van der Waals surface area contributed by atoms with Crippen molar-refractivity contribution >= 4 is 11.6 Å². The first kappa shape index (κ1) is 12.7. The third-order valence-corrected chi connectivity index (χ3v) is 3.62. The van der Waals surface area contributed by atoms with Crippen LogP contribution >= 0.6 is 0 Å². The van der Waals surface area contributed by atoms with Gasteiger partial charge in [0.15, 0.2) is 0 Å². The summed E-state index contributed by atoms with van der Waals surface area (Å²) in [6.45, 7) is 0. The predicted molar refractivity (Wildman–Crippen MR) is 78.8 cm³/mol. The van der Waals surface area contributed by atoms with Crippen molar-refractivity contribution in [3.63, 3.8) is 0 Å². The molecule has 0 radical (unpaired) electrons. The minimum atomic E-state index is -0.106. The van der Waals surface area contributed by atoms with Crippen molar-refractivity contribution in [2.75, 3.05) is 12.4 Å². The maximum absolute atomic E-state index is 12.1. The summed E-state index contributed by atoms with van der Waals surface area (Å²) in [6, 6.07) is 14.1. The number of rotatable bonds is 4. The van der Waals surface area contributed by atoms with Crippen LogP contribution in [0.15, 0.2) is 48.7 Å². The highest BCUT2D eigenvalue weighted by Crippen LogP contribution is 2.40. The number of anilines is 1. The molecule has 20 heavy (non-hydrogen) atoms. The molecule has 1 aliphatic carbocycles. The molecule has 4 heteroatoms. The monoisotopic (exact) mass is 267 g/mol. The number of pyridine rings is 1. The Balaban J connectivity index is 1.63. The van der Waals surface area contributed by atoms with Gasteiger partial charge in [-0.2, -0.15) is 0 Å². The van der Waals surface area contributed by atoms with Crippen LogP contribution in [0.25, 0.3) is 0 Å². The summed E-state index contributed by atoms with van der Waals surface area (Å²) in [7, 11) is 1.82. The lowest BCUT2D eigenvalue weighted by molar-refractivity contribution is 0.0945. The standard InChI is InChI=1S/C16H17N3O/c1-17-12-7-8-18-15(9-12)16(20)19-14-10-13(14)11-5-3-2-4-6-11/h2-9,13-14H,10H2,1H3,(H,17,18)(H,19,20). The van der Waals surface area contributed by atoms with Crippen LogP contribution in [0.2, 0.25) is 0 Å². The second-order valence-electron chi connectivity index (χ2n) is 5.01. The molecule has 2 atom stereocenters. The first-order chi connectivity index (χ1) is 9.78. The first-order valence-corrected chi connectivity index (χ1v) is 6.77. The van der Waals surface area contributed by atoms with Crippen molar-refractivity contribution in [3.8, 4) is 0 Å². The van der Waals surface area contributed by atoms with E-state index in [4.69, 9.17) is 0 Å². The van der Waals surface area contributed by atoms with Gasteiger partial charge in [0.25, 0.3) is 5.91 Å². The number of carbonyl (C=O) groups is 1. The molecule has 0 saturated heterocycles. The molecule has 4 nitrogen and oxygen atoms in total. The molecule has 3 rings (SSSR count). The van der Waals surface area contributed by atoms with Gasteiger partial charge in [-0.05, 0) is 24.1 Å². The number of hydrogen-bond acceptors (Lipinski definition) is 3. The molecule has 1 fully saturated rings. The maximum atomic E-state index is 12.1. The van der Waals surface area contributed by atoms with E-state index in [1.165, 1.54) is 5.56 Å². The summed E-state index contributed by atoms with van der Waals surface area (Å²) in [5.41, 5.74) is 2.63. The zero-order chi connectivity index (χ0) is 13.9. The van der Waals surface area contributed by atoms with Crippen molar-refractivity contribution < 1.29 is 4.79 Å². The summed E-state index contributed by atoms with van der Waals surface area (Å²) < 4.78 is 0. The highest BCUT2D eigenvalue weighted by atomic mass is 16.2. The van der Waals surface area contributed by atoms with E-state index in [-0.39, 0.29) is 11.9 Å². The van der Waals surface area contributed by atoms with Crippen molar-refractivity contribution in [1.29, 1.82) is 0 Å². The molecule has 0 bridgehead atoms. The molecule has 2 aromatic rings. The fraction of sp³-hybridized carbons (Fsp3) is 0.250. The third-order valence-electron chi connectivity index (χ3n) is 3.62. The van der Waals surface area contributed by atoms with E-state index in [1.54, 1.807) is 12.3 Å². The quantitative estimate of drug-likeness (QED) is 0.894. The number of amides is 1. The second-order valence-corrected chi connectivity index (χ2v) is 5.01. The van der Waals surface area contributed by atoms with Gasteiger partial charge in [0.2, 0.25) is 0 Å². The molecule has 2 unspecified atom stereocenters. The number of hydrogen-bond donors (Lipinski definition) is 2. The van der Waals surface area contributed by atoms with Gasteiger partial charge in [-0.3, -0.25) is 9.78 Å². The molecule has 1 amide bonds. The Morgan fingerprint density at radius 3 is 2.80 bits per heavy atom. The Bertz CT molecular complexity index is 612. The molecule has 1 saturated carbocycles. The summed E-state index contributed by atoms with van der Waals surface area (Å²) in [5.74, 6) is 0.332.